The number of carbonyl (C=O) groups excluding carboxylic acids is 3. The molecule has 1 aromatic heterocycles. The smallest absolute Gasteiger partial charge is 0.408 e. The largest absolute Gasteiger partial charge is 0.465 e. The number of carbonyl (C=O) groups is 3. The highest BCUT2D eigenvalue weighted by atomic mass is 16.6. The van der Waals surface area contributed by atoms with Gasteiger partial charge in [-0.2, -0.15) is 0 Å². The first-order chi connectivity index (χ1) is 12.0. The fraction of sp³-hybridized carbons (Fsp3) is 0.611. The number of aromatic nitrogens is 1. The summed E-state index contributed by atoms with van der Waals surface area (Å²) in [6.07, 6.45) is -0.529. The molecule has 0 saturated heterocycles. The molecular formula is C18H29N3O5. The van der Waals surface area contributed by atoms with Crippen LogP contribution < -0.4 is 10.6 Å². The maximum Gasteiger partial charge on any atom is 0.408 e. The van der Waals surface area contributed by atoms with E-state index in [1.165, 1.54) is 0 Å². The Hall–Kier alpha value is -2.51. The zero-order valence-electron chi connectivity index (χ0n) is 16.3. The van der Waals surface area contributed by atoms with Crippen LogP contribution >= 0.6 is 0 Å². The summed E-state index contributed by atoms with van der Waals surface area (Å²) in [5.74, 6) is -0.861. The van der Waals surface area contributed by atoms with Crippen LogP contribution in [-0.4, -0.2) is 41.7 Å². The minimum absolute atomic E-state index is 0.0663. The Morgan fingerprint density at radius 2 is 1.85 bits per heavy atom. The van der Waals surface area contributed by atoms with Gasteiger partial charge >= 0.3 is 12.1 Å². The van der Waals surface area contributed by atoms with Gasteiger partial charge in [-0.15, -0.1) is 0 Å². The number of esters is 1. The number of alkyl carbamates (subject to hydrolysis) is 1. The molecule has 0 unspecified atom stereocenters. The summed E-state index contributed by atoms with van der Waals surface area (Å²) < 4.78 is 10.0. The normalized spacial score (nSPS) is 12.4. The van der Waals surface area contributed by atoms with Gasteiger partial charge in [0, 0.05) is 5.69 Å². The van der Waals surface area contributed by atoms with Crippen molar-refractivity contribution in [2.45, 2.75) is 53.2 Å². The second-order valence-electron chi connectivity index (χ2n) is 7.18. The Kier molecular flexibility index (Phi) is 7.67. The molecule has 0 aromatic carbocycles. The maximum absolute atomic E-state index is 12.1. The lowest BCUT2D eigenvalue weighted by Gasteiger charge is -2.25. The van der Waals surface area contributed by atoms with Gasteiger partial charge in [-0.1, -0.05) is 13.8 Å². The van der Waals surface area contributed by atoms with Gasteiger partial charge in [0.2, 0.25) is 0 Å². The Labute approximate surface area is 154 Å². The second kappa shape index (κ2) is 9.26. The van der Waals surface area contributed by atoms with Crippen LogP contribution in [0.5, 0.6) is 0 Å². The molecule has 0 aliphatic rings. The lowest BCUT2D eigenvalue weighted by Crippen LogP contribution is -2.37. The average Bonchev–Trinajstić information content (AvgIpc) is 2.98. The Balaban J connectivity index is 2.76. The molecule has 2 amide bonds. The van der Waals surface area contributed by atoms with E-state index < -0.39 is 23.6 Å². The molecular weight excluding hydrogens is 338 g/mol. The molecule has 26 heavy (non-hydrogen) atoms. The Bertz CT molecular complexity index is 631. The molecule has 1 heterocycles. The average molecular weight is 367 g/mol. The third-order valence-corrected chi connectivity index (χ3v) is 3.33. The van der Waals surface area contributed by atoms with Crippen LogP contribution in [0.15, 0.2) is 12.1 Å². The van der Waals surface area contributed by atoms with E-state index in [4.69, 9.17) is 9.47 Å². The lowest BCUT2D eigenvalue weighted by atomic mass is 10.0. The van der Waals surface area contributed by atoms with Crippen molar-refractivity contribution in [3.63, 3.8) is 0 Å². The van der Waals surface area contributed by atoms with E-state index in [0.29, 0.717) is 11.4 Å². The Morgan fingerprint density at radius 1 is 1.19 bits per heavy atom. The van der Waals surface area contributed by atoms with Crippen LogP contribution in [0.1, 0.15) is 63.8 Å². The molecule has 0 fully saturated rings. The van der Waals surface area contributed by atoms with E-state index in [9.17, 15) is 14.4 Å². The first-order valence-electron chi connectivity index (χ1n) is 8.65. The zero-order valence-corrected chi connectivity index (χ0v) is 16.3. The summed E-state index contributed by atoms with van der Waals surface area (Å²) >= 11 is 0. The van der Waals surface area contributed by atoms with Crippen molar-refractivity contribution in [1.29, 1.82) is 0 Å². The molecule has 146 valence electrons. The molecule has 1 aromatic rings. The molecule has 0 radical (unpaired) electrons. The van der Waals surface area contributed by atoms with Crippen molar-refractivity contribution < 1.29 is 23.9 Å². The van der Waals surface area contributed by atoms with Crippen LogP contribution in [0.4, 0.5) is 4.79 Å². The monoisotopic (exact) mass is 367 g/mol. The number of rotatable bonds is 7. The molecule has 0 bridgehead atoms. The van der Waals surface area contributed by atoms with Crippen LogP contribution in [-0.2, 0) is 14.3 Å². The third kappa shape index (κ3) is 7.16. The van der Waals surface area contributed by atoms with Gasteiger partial charge in [0.25, 0.3) is 5.91 Å². The molecule has 8 heteroatoms. The van der Waals surface area contributed by atoms with E-state index >= 15 is 0 Å². The second-order valence-corrected chi connectivity index (χ2v) is 7.18. The van der Waals surface area contributed by atoms with E-state index in [2.05, 4.69) is 15.6 Å². The van der Waals surface area contributed by atoms with E-state index in [1.54, 1.807) is 39.8 Å². The zero-order chi connectivity index (χ0) is 19.9. The molecule has 0 spiro atoms. The molecule has 0 aliphatic carbocycles. The van der Waals surface area contributed by atoms with Crippen molar-refractivity contribution in [2.75, 3.05) is 13.2 Å². The Morgan fingerprint density at radius 3 is 2.38 bits per heavy atom. The minimum Gasteiger partial charge on any atom is -0.465 e. The number of amides is 2. The summed E-state index contributed by atoms with van der Waals surface area (Å²) in [5, 5.41) is 5.29. The first kappa shape index (κ1) is 21.5. The number of hydrogen-bond donors (Lipinski definition) is 3. The SMILES string of the molecule is CCOC(=O)CNC(=O)c1ccc([C@@H](NC(=O)OC(C)(C)C)C(C)C)[nH]1. The number of H-pyrrole nitrogens is 1. The summed E-state index contributed by atoms with van der Waals surface area (Å²) in [4.78, 5) is 38.4. The van der Waals surface area contributed by atoms with Crippen LogP contribution in [0, 0.1) is 5.92 Å². The summed E-state index contributed by atoms with van der Waals surface area (Å²) in [6.45, 7) is 11.0. The highest BCUT2D eigenvalue weighted by molar-refractivity contribution is 5.94. The van der Waals surface area contributed by atoms with Gasteiger partial charge in [-0.25, -0.2) is 4.79 Å². The fourth-order valence-electron chi connectivity index (χ4n) is 2.22. The van der Waals surface area contributed by atoms with Crippen LogP contribution in [0.25, 0.3) is 0 Å². The third-order valence-electron chi connectivity index (χ3n) is 3.33. The summed E-state index contributed by atoms with van der Waals surface area (Å²) in [6, 6.07) is 2.97. The number of nitrogens with one attached hydrogen (secondary N) is 3. The predicted octanol–water partition coefficient (Wildman–Crippen LogP) is 2.53. The predicted molar refractivity (Wildman–Crippen MR) is 96.7 cm³/mol. The highest BCUT2D eigenvalue weighted by Crippen LogP contribution is 2.22. The first-order valence-corrected chi connectivity index (χ1v) is 8.65. The summed E-state index contributed by atoms with van der Waals surface area (Å²) in [5.41, 5.74) is 0.368. The van der Waals surface area contributed by atoms with Gasteiger partial charge < -0.3 is 25.1 Å². The van der Waals surface area contributed by atoms with Crippen molar-refractivity contribution >= 4 is 18.0 Å². The number of ether oxygens (including phenoxy) is 2. The number of aromatic amines is 1. The minimum atomic E-state index is -0.598. The standard InChI is InChI=1S/C18H29N3O5/c1-7-25-14(22)10-19-16(23)13-9-8-12(20-13)15(11(2)3)21-17(24)26-18(4,5)6/h8-9,11,15,20H,7,10H2,1-6H3,(H,19,23)(H,21,24)/t15-/m0/s1. The van der Waals surface area contributed by atoms with E-state index in [0.717, 1.165) is 0 Å². The fourth-order valence-corrected chi connectivity index (χ4v) is 2.22. The molecule has 0 aliphatic heterocycles. The highest BCUT2D eigenvalue weighted by Gasteiger charge is 2.24. The molecule has 8 nitrogen and oxygen atoms in total. The van der Waals surface area contributed by atoms with Crippen LogP contribution in [0.2, 0.25) is 0 Å². The van der Waals surface area contributed by atoms with Gasteiger partial charge in [0.15, 0.2) is 0 Å². The van der Waals surface area contributed by atoms with Crippen molar-refractivity contribution in [1.82, 2.24) is 15.6 Å². The molecule has 1 atom stereocenters. The van der Waals surface area contributed by atoms with Gasteiger partial charge in [0.1, 0.15) is 17.8 Å². The van der Waals surface area contributed by atoms with Crippen molar-refractivity contribution in [3.8, 4) is 0 Å². The van der Waals surface area contributed by atoms with Gasteiger partial charge in [-0.3, -0.25) is 9.59 Å². The quantitative estimate of drug-likeness (QED) is 0.642. The van der Waals surface area contributed by atoms with Crippen molar-refractivity contribution in [2.24, 2.45) is 5.92 Å². The molecule has 0 saturated carbocycles. The molecule has 1 rings (SSSR count). The topological polar surface area (TPSA) is 110 Å². The maximum atomic E-state index is 12.1. The van der Waals surface area contributed by atoms with Crippen molar-refractivity contribution in [3.05, 3.63) is 23.5 Å². The van der Waals surface area contributed by atoms with E-state index in [1.807, 2.05) is 13.8 Å². The van der Waals surface area contributed by atoms with Crippen LogP contribution in [0.3, 0.4) is 0 Å². The van der Waals surface area contributed by atoms with E-state index in [-0.39, 0.29) is 25.1 Å². The lowest BCUT2D eigenvalue weighted by molar-refractivity contribution is -0.141. The molecule has 3 N–H and O–H groups in total. The summed E-state index contributed by atoms with van der Waals surface area (Å²) in [7, 11) is 0. The number of hydrogen-bond acceptors (Lipinski definition) is 5. The van der Waals surface area contributed by atoms with Gasteiger partial charge in [-0.05, 0) is 45.7 Å². The van der Waals surface area contributed by atoms with Gasteiger partial charge in [0.05, 0.1) is 12.6 Å².